The van der Waals surface area contributed by atoms with Gasteiger partial charge in [0, 0.05) is 44.8 Å². The smallest absolute Gasteiger partial charge is 0.240 e. The number of ether oxygens (including phenoxy) is 2. The van der Waals surface area contributed by atoms with E-state index >= 15 is 0 Å². The highest BCUT2D eigenvalue weighted by atomic mass is 32.2. The fourth-order valence-electron chi connectivity index (χ4n) is 2.90. The lowest BCUT2D eigenvalue weighted by atomic mass is 10.2. The zero-order chi connectivity index (χ0) is 17.2. The standard InChI is InChI=1S/C16H25N3O4S/c1-13(19-7-5-18(2)6-8-19)12-17-24(20,21)14-3-4-15-16(11-14)23-10-9-22-15/h3-4,11,13,17H,5-10,12H2,1-2H3/t13-/m1/s1. The maximum atomic E-state index is 12.5. The lowest BCUT2D eigenvalue weighted by Gasteiger charge is -2.36. The summed E-state index contributed by atoms with van der Waals surface area (Å²) in [6.07, 6.45) is 0. The third-order valence-corrected chi connectivity index (χ3v) is 5.98. The van der Waals surface area contributed by atoms with Crippen LogP contribution in [0, 0.1) is 0 Å². The molecule has 2 aliphatic heterocycles. The molecule has 1 saturated heterocycles. The van der Waals surface area contributed by atoms with Gasteiger partial charge in [-0.3, -0.25) is 4.90 Å². The van der Waals surface area contributed by atoms with E-state index in [0.717, 1.165) is 26.2 Å². The van der Waals surface area contributed by atoms with Gasteiger partial charge in [0.25, 0.3) is 0 Å². The molecule has 2 aliphatic rings. The van der Waals surface area contributed by atoms with Crippen molar-refractivity contribution in [3.63, 3.8) is 0 Å². The average molecular weight is 355 g/mol. The molecule has 134 valence electrons. The second kappa shape index (κ2) is 7.26. The van der Waals surface area contributed by atoms with E-state index in [4.69, 9.17) is 9.47 Å². The van der Waals surface area contributed by atoms with Gasteiger partial charge in [-0.2, -0.15) is 0 Å². The van der Waals surface area contributed by atoms with Crippen LogP contribution in [0.2, 0.25) is 0 Å². The van der Waals surface area contributed by atoms with Crippen LogP contribution in [0.15, 0.2) is 23.1 Å². The summed E-state index contributed by atoms with van der Waals surface area (Å²) < 4.78 is 38.6. The Labute approximate surface area is 143 Å². The quantitative estimate of drug-likeness (QED) is 0.823. The molecule has 1 fully saturated rings. The van der Waals surface area contributed by atoms with Crippen LogP contribution in [0.4, 0.5) is 0 Å². The Morgan fingerprint density at radius 3 is 2.50 bits per heavy atom. The highest BCUT2D eigenvalue weighted by molar-refractivity contribution is 7.89. The van der Waals surface area contributed by atoms with Crippen molar-refractivity contribution in [1.29, 1.82) is 0 Å². The zero-order valence-corrected chi connectivity index (χ0v) is 15.0. The molecule has 0 bridgehead atoms. The van der Waals surface area contributed by atoms with Crippen LogP contribution in [0.5, 0.6) is 11.5 Å². The van der Waals surface area contributed by atoms with Crippen LogP contribution >= 0.6 is 0 Å². The minimum absolute atomic E-state index is 0.158. The molecule has 24 heavy (non-hydrogen) atoms. The predicted octanol–water partition coefficient (Wildman–Crippen LogP) is 0.372. The van der Waals surface area contributed by atoms with E-state index in [-0.39, 0.29) is 10.9 Å². The first-order valence-electron chi connectivity index (χ1n) is 8.27. The number of hydrogen-bond acceptors (Lipinski definition) is 6. The van der Waals surface area contributed by atoms with Gasteiger partial charge in [0.2, 0.25) is 10.0 Å². The SMILES string of the molecule is C[C@H](CNS(=O)(=O)c1ccc2c(c1)OCCO2)N1CCN(C)CC1. The Morgan fingerprint density at radius 1 is 1.12 bits per heavy atom. The summed E-state index contributed by atoms with van der Waals surface area (Å²) in [5.41, 5.74) is 0. The topological polar surface area (TPSA) is 71.1 Å². The van der Waals surface area contributed by atoms with Gasteiger partial charge in [0.1, 0.15) is 13.2 Å². The molecule has 1 atom stereocenters. The Morgan fingerprint density at radius 2 is 1.79 bits per heavy atom. The molecule has 1 aromatic carbocycles. The molecule has 2 heterocycles. The molecular weight excluding hydrogens is 330 g/mol. The summed E-state index contributed by atoms with van der Waals surface area (Å²) in [4.78, 5) is 4.80. The fraction of sp³-hybridized carbons (Fsp3) is 0.625. The van der Waals surface area contributed by atoms with Gasteiger partial charge in [-0.15, -0.1) is 0 Å². The molecule has 0 spiro atoms. The van der Waals surface area contributed by atoms with Crippen molar-refractivity contribution in [3.8, 4) is 11.5 Å². The van der Waals surface area contributed by atoms with Gasteiger partial charge < -0.3 is 14.4 Å². The number of piperazine rings is 1. The first-order valence-corrected chi connectivity index (χ1v) is 9.76. The summed E-state index contributed by atoms with van der Waals surface area (Å²) in [6.45, 7) is 7.31. The molecule has 0 radical (unpaired) electrons. The summed E-state index contributed by atoms with van der Waals surface area (Å²) >= 11 is 0. The molecule has 3 rings (SSSR count). The van der Waals surface area contributed by atoms with Crippen LogP contribution in [0.3, 0.4) is 0 Å². The van der Waals surface area contributed by atoms with E-state index < -0.39 is 10.0 Å². The normalized spacial score (nSPS) is 20.8. The molecule has 0 saturated carbocycles. The van der Waals surface area contributed by atoms with Gasteiger partial charge in [-0.25, -0.2) is 13.1 Å². The number of fused-ring (bicyclic) bond motifs is 1. The Kier molecular flexibility index (Phi) is 5.29. The van der Waals surface area contributed by atoms with Crippen molar-refractivity contribution in [2.24, 2.45) is 0 Å². The largest absolute Gasteiger partial charge is 0.486 e. The van der Waals surface area contributed by atoms with Gasteiger partial charge in [-0.05, 0) is 26.1 Å². The van der Waals surface area contributed by atoms with Gasteiger partial charge in [0.05, 0.1) is 4.90 Å². The van der Waals surface area contributed by atoms with Crippen LogP contribution < -0.4 is 14.2 Å². The van der Waals surface area contributed by atoms with Crippen molar-refractivity contribution >= 4 is 10.0 Å². The molecule has 0 amide bonds. The highest BCUT2D eigenvalue weighted by Crippen LogP contribution is 2.32. The molecule has 1 aromatic rings. The monoisotopic (exact) mass is 355 g/mol. The summed E-state index contributed by atoms with van der Waals surface area (Å²) in [7, 11) is -1.46. The average Bonchev–Trinajstić information content (AvgIpc) is 2.60. The van der Waals surface area contributed by atoms with Gasteiger partial charge in [0.15, 0.2) is 11.5 Å². The molecule has 0 unspecified atom stereocenters. The van der Waals surface area contributed by atoms with Gasteiger partial charge >= 0.3 is 0 Å². The molecule has 0 aliphatic carbocycles. The maximum Gasteiger partial charge on any atom is 0.240 e. The minimum Gasteiger partial charge on any atom is -0.486 e. The van der Waals surface area contributed by atoms with E-state index in [2.05, 4.69) is 28.5 Å². The van der Waals surface area contributed by atoms with Crippen molar-refractivity contribution < 1.29 is 17.9 Å². The second-order valence-electron chi connectivity index (χ2n) is 6.35. The number of benzene rings is 1. The number of sulfonamides is 1. The summed E-state index contributed by atoms with van der Waals surface area (Å²) in [5.74, 6) is 1.07. The number of rotatable bonds is 5. The maximum absolute atomic E-state index is 12.5. The van der Waals surface area contributed by atoms with Crippen molar-refractivity contribution in [1.82, 2.24) is 14.5 Å². The summed E-state index contributed by atoms with van der Waals surface area (Å²) in [5, 5.41) is 0. The molecule has 8 heteroatoms. The van der Waals surface area contributed by atoms with Gasteiger partial charge in [-0.1, -0.05) is 0 Å². The molecular formula is C16H25N3O4S. The predicted molar refractivity (Wildman–Crippen MR) is 91.2 cm³/mol. The fourth-order valence-corrected chi connectivity index (χ4v) is 4.03. The third-order valence-electron chi connectivity index (χ3n) is 4.55. The third kappa shape index (κ3) is 4.00. The number of nitrogens with zero attached hydrogens (tertiary/aromatic N) is 2. The highest BCUT2D eigenvalue weighted by Gasteiger charge is 2.23. The van der Waals surface area contributed by atoms with Crippen molar-refractivity contribution in [2.75, 3.05) is 53.0 Å². The Bertz CT molecular complexity index is 672. The lowest BCUT2D eigenvalue weighted by Crippen LogP contribution is -2.51. The number of nitrogens with one attached hydrogen (secondary N) is 1. The van der Waals surface area contributed by atoms with E-state index in [9.17, 15) is 8.42 Å². The van der Waals surface area contributed by atoms with Crippen LogP contribution in [0.25, 0.3) is 0 Å². The Balaban J connectivity index is 1.61. The number of hydrogen-bond donors (Lipinski definition) is 1. The summed E-state index contributed by atoms with van der Waals surface area (Å²) in [6, 6.07) is 4.88. The first-order chi connectivity index (χ1) is 11.5. The lowest BCUT2D eigenvalue weighted by molar-refractivity contribution is 0.120. The second-order valence-corrected chi connectivity index (χ2v) is 8.11. The zero-order valence-electron chi connectivity index (χ0n) is 14.2. The van der Waals surface area contributed by atoms with E-state index in [1.807, 2.05) is 0 Å². The Hall–Kier alpha value is -1.35. The van der Waals surface area contributed by atoms with Crippen molar-refractivity contribution in [2.45, 2.75) is 17.9 Å². The first kappa shape index (κ1) is 17.5. The van der Waals surface area contributed by atoms with Crippen LogP contribution in [-0.2, 0) is 10.0 Å². The molecule has 1 N–H and O–H groups in total. The molecule has 0 aromatic heterocycles. The van der Waals surface area contributed by atoms with Crippen LogP contribution in [0.1, 0.15) is 6.92 Å². The van der Waals surface area contributed by atoms with Crippen LogP contribution in [-0.4, -0.2) is 77.2 Å². The minimum atomic E-state index is -3.56. The van der Waals surface area contributed by atoms with E-state index in [0.29, 0.717) is 31.3 Å². The number of likely N-dealkylation sites (N-methyl/N-ethyl adjacent to an activating group) is 1. The van der Waals surface area contributed by atoms with E-state index in [1.54, 1.807) is 12.1 Å². The molecule has 7 nitrogen and oxygen atoms in total. The van der Waals surface area contributed by atoms with E-state index in [1.165, 1.54) is 6.07 Å². The van der Waals surface area contributed by atoms with Crippen molar-refractivity contribution in [3.05, 3.63) is 18.2 Å².